The second-order valence-electron chi connectivity index (χ2n) is 4.38. The van der Waals surface area contributed by atoms with Crippen LogP contribution < -0.4 is 11.1 Å². The van der Waals surface area contributed by atoms with Crippen molar-refractivity contribution in [3.05, 3.63) is 0 Å². The van der Waals surface area contributed by atoms with E-state index in [0.29, 0.717) is 12.8 Å². The number of likely N-dealkylation sites (N-methyl/N-ethyl adjacent to an activating group) is 1. The number of nitrogens with two attached hydrogens (primary N) is 1. The topological polar surface area (TPSA) is 92.5 Å². The van der Waals surface area contributed by atoms with Crippen molar-refractivity contribution in [1.29, 1.82) is 0 Å². The van der Waals surface area contributed by atoms with E-state index in [1.54, 1.807) is 0 Å². The number of nitrogens with zero attached hydrogens (tertiary/aromatic N) is 1. The maximum absolute atomic E-state index is 11.9. The summed E-state index contributed by atoms with van der Waals surface area (Å²) in [6, 6.07) is -0.763. The summed E-state index contributed by atoms with van der Waals surface area (Å²) in [5.41, 5.74) is 4.94. The minimum absolute atomic E-state index is 0.0184. The molecule has 1 aliphatic rings. The van der Waals surface area contributed by atoms with Gasteiger partial charge in [-0.15, -0.1) is 0 Å². The summed E-state index contributed by atoms with van der Waals surface area (Å²) in [7, 11) is 1.41. The summed E-state index contributed by atoms with van der Waals surface area (Å²) in [6.45, 7) is 3.63. The van der Waals surface area contributed by atoms with Gasteiger partial charge in [-0.1, -0.05) is 13.8 Å². The molecule has 0 radical (unpaired) electrons. The molecular formula is C11H19N3O3. The van der Waals surface area contributed by atoms with Crippen LogP contribution in [0.4, 0.5) is 0 Å². The number of rotatable bonds is 4. The molecule has 3 amide bonds. The van der Waals surface area contributed by atoms with Crippen molar-refractivity contribution in [2.75, 3.05) is 7.05 Å². The molecule has 0 aromatic heterocycles. The van der Waals surface area contributed by atoms with Crippen LogP contribution in [0, 0.1) is 0 Å². The van der Waals surface area contributed by atoms with Crippen molar-refractivity contribution in [3.63, 3.8) is 0 Å². The van der Waals surface area contributed by atoms with Gasteiger partial charge in [0.25, 0.3) is 5.91 Å². The Bertz CT molecular complexity index is 350. The molecular weight excluding hydrogens is 222 g/mol. The SMILES string of the molecule is CCC(N)(CC)C(=O)NC1CC(=O)N(C)C1=O. The van der Waals surface area contributed by atoms with Crippen LogP contribution in [0.1, 0.15) is 33.1 Å². The predicted molar refractivity (Wildman–Crippen MR) is 61.8 cm³/mol. The molecule has 1 heterocycles. The largest absolute Gasteiger partial charge is 0.342 e. The lowest BCUT2D eigenvalue weighted by Gasteiger charge is -2.26. The van der Waals surface area contributed by atoms with E-state index in [2.05, 4.69) is 5.32 Å². The molecule has 1 fully saturated rings. The first kappa shape index (κ1) is 13.6. The second-order valence-corrected chi connectivity index (χ2v) is 4.38. The Morgan fingerprint density at radius 3 is 2.35 bits per heavy atom. The monoisotopic (exact) mass is 241 g/mol. The quantitative estimate of drug-likeness (QED) is 0.641. The third kappa shape index (κ3) is 2.46. The molecule has 0 spiro atoms. The number of nitrogens with one attached hydrogen (secondary N) is 1. The van der Waals surface area contributed by atoms with Crippen LogP contribution in [-0.2, 0) is 14.4 Å². The normalized spacial score (nSPS) is 20.9. The molecule has 0 bridgehead atoms. The molecule has 17 heavy (non-hydrogen) atoms. The van der Waals surface area contributed by atoms with E-state index in [1.807, 2.05) is 13.8 Å². The fourth-order valence-electron chi connectivity index (χ4n) is 1.74. The zero-order valence-corrected chi connectivity index (χ0v) is 10.4. The van der Waals surface area contributed by atoms with Gasteiger partial charge in [0.05, 0.1) is 12.0 Å². The first-order valence-electron chi connectivity index (χ1n) is 5.76. The maximum Gasteiger partial charge on any atom is 0.252 e. The van der Waals surface area contributed by atoms with Crippen LogP contribution >= 0.6 is 0 Å². The lowest BCUT2D eigenvalue weighted by atomic mass is 9.93. The van der Waals surface area contributed by atoms with E-state index in [-0.39, 0.29) is 24.1 Å². The number of carbonyl (C=O) groups is 3. The molecule has 0 aromatic carbocycles. The van der Waals surface area contributed by atoms with Crippen molar-refractivity contribution < 1.29 is 14.4 Å². The summed E-state index contributed by atoms with van der Waals surface area (Å²) in [5, 5.41) is 2.56. The van der Waals surface area contributed by atoms with Gasteiger partial charge in [-0.05, 0) is 12.8 Å². The third-order valence-corrected chi connectivity index (χ3v) is 3.40. The number of imide groups is 1. The average molecular weight is 241 g/mol. The minimum Gasteiger partial charge on any atom is -0.342 e. The molecule has 6 nitrogen and oxygen atoms in total. The number of hydrogen-bond acceptors (Lipinski definition) is 4. The van der Waals surface area contributed by atoms with Crippen LogP contribution in [-0.4, -0.2) is 41.2 Å². The molecule has 1 aliphatic heterocycles. The zero-order chi connectivity index (χ0) is 13.2. The highest BCUT2D eigenvalue weighted by Gasteiger charge is 2.40. The van der Waals surface area contributed by atoms with E-state index in [1.165, 1.54) is 7.05 Å². The first-order valence-corrected chi connectivity index (χ1v) is 5.76. The molecule has 6 heteroatoms. The molecule has 96 valence electrons. The standard InChI is InChI=1S/C11H19N3O3/c1-4-11(12,5-2)10(17)13-7-6-8(15)14(3)9(7)16/h7H,4-6,12H2,1-3H3,(H,13,17). The highest BCUT2D eigenvalue weighted by molar-refractivity contribution is 6.07. The van der Waals surface area contributed by atoms with Crippen LogP contribution in [0.15, 0.2) is 0 Å². The number of amides is 3. The molecule has 0 aliphatic carbocycles. The summed E-state index contributed by atoms with van der Waals surface area (Å²) in [5.74, 6) is -1.03. The lowest BCUT2D eigenvalue weighted by molar-refractivity contribution is -0.138. The van der Waals surface area contributed by atoms with Crippen molar-refractivity contribution in [2.45, 2.75) is 44.7 Å². The Hall–Kier alpha value is -1.43. The fourth-order valence-corrected chi connectivity index (χ4v) is 1.74. The van der Waals surface area contributed by atoms with Crippen LogP contribution in [0.5, 0.6) is 0 Å². The smallest absolute Gasteiger partial charge is 0.252 e. The van der Waals surface area contributed by atoms with Gasteiger partial charge in [0.2, 0.25) is 11.8 Å². The van der Waals surface area contributed by atoms with Gasteiger partial charge in [-0.3, -0.25) is 19.3 Å². The third-order valence-electron chi connectivity index (χ3n) is 3.40. The highest BCUT2D eigenvalue weighted by atomic mass is 16.2. The van der Waals surface area contributed by atoms with E-state index in [0.717, 1.165) is 4.90 Å². The van der Waals surface area contributed by atoms with E-state index in [4.69, 9.17) is 5.73 Å². The minimum atomic E-state index is -0.968. The van der Waals surface area contributed by atoms with Crippen LogP contribution in [0.2, 0.25) is 0 Å². The van der Waals surface area contributed by atoms with Gasteiger partial charge in [0, 0.05) is 7.05 Å². The van der Waals surface area contributed by atoms with Gasteiger partial charge in [-0.2, -0.15) is 0 Å². The van der Waals surface area contributed by atoms with Gasteiger partial charge in [0.1, 0.15) is 6.04 Å². The van der Waals surface area contributed by atoms with Crippen molar-refractivity contribution in [1.82, 2.24) is 10.2 Å². The molecule has 1 unspecified atom stereocenters. The Morgan fingerprint density at radius 2 is 2.00 bits per heavy atom. The van der Waals surface area contributed by atoms with Gasteiger partial charge < -0.3 is 11.1 Å². The predicted octanol–water partition coefficient (Wildman–Crippen LogP) is -0.623. The van der Waals surface area contributed by atoms with E-state index >= 15 is 0 Å². The molecule has 1 rings (SSSR count). The van der Waals surface area contributed by atoms with Crippen molar-refractivity contribution >= 4 is 17.7 Å². The van der Waals surface area contributed by atoms with E-state index < -0.39 is 11.6 Å². The Labute approximate surface area is 101 Å². The van der Waals surface area contributed by atoms with Crippen LogP contribution in [0.3, 0.4) is 0 Å². The Morgan fingerprint density at radius 1 is 1.47 bits per heavy atom. The van der Waals surface area contributed by atoms with Gasteiger partial charge in [0.15, 0.2) is 0 Å². The number of likely N-dealkylation sites (tertiary alicyclic amines) is 1. The average Bonchev–Trinajstić information content (AvgIpc) is 2.56. The number of carbonyl (C=O) groups excluding carboxylic acids is 3. The second kappa shape index (κ2) is 4.83. The summed E-state index contributed by atoms with van der Waals surface area (Å²) in [4.78, 5) is 35.8. The molecule has 1 saturated heterocycles. The summed E-state index contributed by atoms with van der Waals surface area (Å²) in [6.07, 6.45) is 0.991. The van der Waals surface area contributed by atoms with E-state index in [9.17, 15) is 14.4 Å². The van der Waals surface area contributed by atoms with Crippen molar-refractivity contribution in [3.8, 4) is 0 Å². The lowest BCUT2D eigenvalue weighted by Crippen LogP contribution is -2.56. The molecule has 0 aromatic rings. The molecule has 3 N–H and O–H groups in total. The summed E-state index contributed by atoms with van der Waals surface area (Å²) >= 11 is 0. The van der Waals surface area contributed by atoms with Crippen LogP contribution in [0.25, 0.3) is 0 Å². The highest BCUT2D eigenvalue weighted by Crippen LogP contribution is 2.15. The summed E-state index contributed by atoms with van der Waals surface area (Å²) < 4.78 is 0. The Kier molecular flexibility index (Phi) is 3.87. The zero-order valence-electron chi connectivity index (χ0n) is 10.4. The fraction of sp³-hybridized carbons (Fsp3) is 0.727. The Balaban J connectivity index is 2.71. The van der Waals surface area contributed by atoms with Gasteiger partial charge >= 0.3 is 0 Å². The first-order chi connectivity index (χ1) is 7.85. The maximum atomic E-state index is 11.9. The molecule has 0 saturated carbocycles. The molecule has 1 atom stereocenters. The van der Waals surface area contributed by atoms with Crippen molar-refractivity contribution in [2.24, 2.45) is 5.73 Å². The number of hydrogen-bond donors (Lipinski definition) is 2. The van der Waals surface area contributed by atoms with Gasteiger partial charge in [-0.25, -0.2) is 0 Å².